The van der Waals surface area contributed by atoms with Gasteiger partial charge in [0.1, 0.15) is 0 Å². The maximum Gasteiger partial charge on any atom is 0.317 e. The first-order chi connectivity index (χ1) is 8.17. The fourth-order valence-electron chi connectivity index (χ4n) is 1.66. The standard InChI is InChI=1S/C13H17NO3/c1-2-11-5-3-4-6-12(11)9-14(7-8-15)10-13(16)17/h2-6,15H,1,7-10H2,(H,16,17). The Bertz CT molecular complexity index is 390. The summed E-state index contributed by atoms with van der Waals surface area (Å²) in [5.41, 5.74) is 2.00. The van der Waals surface area contributed by atoms with Gasteiger partial charge in [-0.3, -0.25) is 9.69 Å². The Morgan fingerprint density at radius 2 is 2.12 bits per heavy atom. The number of carboxylic acids is 1. The third-order valence-electron chi connectivity index (χ3n) is 2.44. The van der Waals surface area contributed by atoms with Gasteiger partial charge in [-0.2, -0.15) is 0 Å². The number of carbonyl (C=O) groups is 1. The van der Waals surface area contributed by atoms with E-state index in [2.05, 4.69) is 6.58 Å². The number of aliphatic hydroxyl groups excluding tert-OH is 1. The topological polar surface area (TPSA) is 60.8 Å². The number of rotatable bonds is 7. The quantitative estimate of drug-likeness (QED) is 0.745. The molecule has 0 saturated heterocycles. The van der Waals surface area contributed by atoms with Gasteiger partial charge in [0.2, 0.25) is 0 Å². The molecule has 0 bridgehead atoms. The predicted molar refractivity (Wildman–Crippen MR) is 66.5 cm³/mol. The third-order valence-corrected chi connectivity index (χ3v) is 2.44. The largest absolute Gasteiger partial charge is 0.480 e. The van der Waals surface area contributed by atoms with E-state index in [1.54, 1.807) is 11.0 Å². The average Bonchev–Trinajstić information content (AvgIpc) is 2.29. The Labute approximate surface area is 101 Å². The molecule has 17 heavy (non-hydrogen) atoms. The van der Waals surface area contributed by atoms with Crippen molar-refractivity contribution in [2.24, 2.45) is 0 Å². The first kappa shape index (κ1) is 13.4. The molecule has 0 aliphatic heterocycles. The molecular weight excluding hydrogens is 218 g/mol. The van der Waals surface area contributed by atoms with Crippen molar-refractivity contribution in [3.63, 3.8) is 0 Å². The minimum Gasteiger partial charge on any atom is -0.480 e. The molecule has 1 rings (SSSR count). The smallest absolute Gasteiger partial charge is 0.317 e. The van der Waals surface area contributed by atoms with Gasteiger partial charge >= 0.3 is 5.97 Å². The lowest BCUT2D eigenvalue weighted by atomic mass is 10.1. The summed E-state index contributed by atoms with van der Waals surface area (Å²) < 4.78 is 0. The van der Waals surface area contributed by atoms with E-state index in [1.807, 2.05) is 24.3 Å². The number of aliphatic hydroxyl groups is 1. The molecule has 1 aromatic carbocycles. The number of hydrogen-bond acceptors (Lipinski definition) is 3. The van der Waals surface area contributed by atoms with E-state index < -0.39 is 5.97 Å². The molecule has 0 heterocycles. The first-order valence-corrected chi connectivity index (χ1v) is 5.42. The molecule has 0 aromatic heterocycles. The highest BCUT2D eigenvalue weighted by Crippen LogP contribution is 2.12. The van der Waals surface area contributed by atoms with Crippen LogP contribution >= 0.6 is 0 Å². The van der Waals surface area contributed by atoms with E-state index >= 15 is 0 Å². The highest BCUT2D eigenvalue weighted by molar-refractivity contribution is 5.69. The molecule has 0 aliphatic rings. The maximum absolute atomic E-state index is 10.7. The van der Waals surface area contributed by atoms with Crippen molar-refractivity contribution in [1.82, 2.24) is 4.90 Å². The third kappa shape index (κ3) is 4.38. The summed E-state index contributed by atoms with van der Waals surface area (Å²) in [7, 11) is 0. The summed E-state index contributed by atoms with van der Waals surface area (Å²) in [6, 6.07) is 7.68. The zero-order valence-corrected chi connectivity index (χ0v) is 9.67. The summed E-state index contributed by atoms with van der Waals surface area (Å²) >= 11 is 0. The zero-order chi connectivity index (χ0) is 12.7. The molecule has 0 saturated carbocycles. The Morgan fingerprint density at radius 3 is 2.71 bits per heavy atom. The molecule has 4 nitrogen and oxygen atoms in total. The highest BCUT2D eigenvalue weighted by Gasteiger charge is 2.10. The number of hydrogen-bond donors (Lipinski definition) is 2. The lowest BCUT2D eigenvalue weighted by Gasteiger charge is -2.20. The van der Waals surface area contributed by atoms with Crippen LogP contribution in [0.25, 0.3) is 6.08 Å². The predicted octanol–water partition coefficient (Wildman–Crippen LogP) is 1.21. The fourth-order valence-corrected chi connectivity index (χ4v) is 1.66. The van der Waals surface area contributed by atoms with Crippen LogP contribution in [-0.4, -0.2) is 40.8 Å². The molecule has 0 fully saturated rings. The minimum atomic E-state index is -0.894. The van der Waals surface area contributed by atoms with Gasteiger partial charge in [0, 0.05) is 13.1 Å². The van der Waals surface area contributed by atoms with Crippen LogP contribution in [0.5, 0.6) is 0 Å². The molecular formula is C13H17NO3. The molecule has 92 valence electrons. The van der Waals surface area contributed by atoms with Crippen LogP contribution < -0.4 is 0 Å². The van der Waals surface area contributed by atoms with Crippen molar-refractivity contribution in [2.45, 2.75) is 6.54 Å². The SMILES string of the molecule is C=Cc1ccccc1CN(CCO)CC(=O)O. The van der Waals surface area contributed by atoms with Gasteiger partial charge in [0.05, 0.1) is 13.2 Å². The van der Waals surface area contributed by atoms with Crippen molar-refractivity contribution in [1.29, 1.82) is 0 Å². The summed E-state index contributed by atoms with van der Waals surface area (Å²) in [5.74, 6) is -0.894. The van der Waals surface area contributed by atoms with E-state index in [9.17, 15) is 4.79 Å². The summed E-state index contributed by atoms with van der Waals surface area (Å²) in [4.78, 5) is 12.4. The number of carboxylic acid groups (broad SMARTS) is 1. The molecule has 0 aliphatic carbocycles. The molecule has 0 amide bonds. The molecule has 1 aromatic rings. The van der Waals surface area contributed by atoms with Crippen LogP contribution in [0.3, 0.4) is 0 Å². The zero-order valence-electron chi connectivity index (χ0n) is 9.67. The Morgan fingerprint density at radius 1 is 1.41 bits per heavy atom. The number of aliphatic carboxylic acids is 1. The normalized spacial score (nSPS) is 10.5. The molecule has 2 N–H and O–H groups in total. The Balaban J connectivity index is 2.77. The highest BCUT2D eigenvalue weighted by atomic mass is 16.4. The van der Waals surface area contributed by atoms with Crippen LogP contribution in [0.15, 0.2) is 30.8 Å². The summed E-state index contributed by atoms with van der Waals surface area (Å²) in [6.45, 7) is 4.43. The molecule has 0 radical (unpaired) electrons. The Hall–Kier alpha value is -1.65. The first-order valence-electron chi connectivity index (χ1n) is 5.42. The van der Waals surface area contributed by atoms with Gasteiger partial charge in [-0.25, -0.2) is 0 Å². The second-order valence-corrected chi connectivity index (χ2v) is 3.73. The Kier molecular flexibility index (Phi) is 5.39. The van der Waals surface area contributed by atoms with Gasteiger partial charge in [0.15, 0.2) is 0 Å². The van der Waals surface area contributed by atoms with E-state index in [0.717, 1.165) is 11.1 Å². The molecule has 0 spiro atoms. The lowest BCUT2D eigenvalue weighted by molar-refractivity contribution is -0.138. The van der Waals surface area contributed by atoms with Crippen molar-refractivity contribution in [3.8, 4) is 0 Å². The second kappa shape index (κ2) is 6.83. The van der Waals surface area contributed by atoms with Gasteiger partial charge in [-0.15, -0.1) is 0 Å². The van der Waals surface area contributed by atoms with Gasteiger partial charge in [-0.05, 0) is 11.1 Å². The van der Waals surface area contributed by atoms with Crippen molar-refractivity contribution in [2.75, 3.05) is 19.7 Å². The van der Waals surface area contributed by atoms with Crippen LogP contribution in [0.1, 0.15) is 11.1 Å². The van der Waals surface area contributed by atoms with E-state index in [4.69, 9.17) is 10.2 Å². The van der Waals surface area contributed by atoms with E-state index in [0.29, 0.717) is 13.1 Å². The second-order valence-electron chi connectivity index (χ2n) is 3.73. The van der Waals surface area contributed by atoms with Crippen LogP contribution in [-0.2, 0) is 11.3 Å². The van der Waals surface area contributed by atoms with Gasteiger partial charge in [0.25, 0.3) is 0 Å². The molecule has 0 unspecified atom stereocenters. The van der Waals surface area contributed by atoms with E-state index in [1.165, 1.54) is 0 Å². The maximum atomic E-state index is 10.7. The molecule has 0 atom stereocenters. The summed E-state index contributed by atoms with van der Waals surface area (Å²) in [5, 5.41) is 17.7. The van der Waals surface area contributed by atoms with Gasteiger partial charge in [-0.1, -0.05) is 36.9 Å². The van der Waals surface area contributed by atoms with Gasteiger partial charge < -0.3 is 10.2 Å². The van der Waals surface area contributed by atoms with Crippen LogP contribution in [0.4, 0.5) is 0 Å². The fraction of sp³-hybridized carbons (Fsp3) is 0.308. The lowest BCUT2D eigenvalue weighted by Crippen LogP contribution is -2.32. The van der Waals surface area contributed by atoms with Crippen molar-refractivity contribution < 1.29 is 15.0 Å². The molecule has 4 heteroatoms. The van der Waals surface area contributed by atoms with Crippen LogP contribution in [0, 0.1) is 0 Å². The minimum absolute atomic E-state index is 0.0520. The van der Waals surface area contributed by atoms with Crippen LogP contribution in [0.2, 0.25) is 0 Å². The van der Waals surface area contributed by atoms with Crippen molar-refractivity contribution >= 4 is 12.0 Å². The average molecular weight is 235 g/mol. The monoisotopic (exact) mass is 235 g/mol. The van der Waals surface area contributed by atoms with E-state index in [-0.39, 0.29) is 13.2 Å². The van der Waals surface area contributed by atoms with Crippen molar-refractivity contribution in [3.05, 3.63) is 42.0 Å². The number of nitrogens with zero attached hydrogens (tertiary/aromatic N) is 1. The summed E-state index contributed by atoms with van der Waals surface area (Å²) in [6.07, 6.45) is 1.74. The number of benzene rings is 1.